The number of nitrogens with zero attached hydrogens (tertiary/aromatic N) is 2. The number of nitrogens with one attached hydrogen (secondary N) is 1. The Balaban J connectivity index is 1.59. The molecule has 0 spiro atoms. The molecule has 8 heteroatoms. The number of hydrogen-bond acceptors (Lipinski definition) is 5. The number of ether oxygens (including phenoxy) is 2. The van der Waals surface area contributed by atoms with Gasteiger partial charge < -0.3 is 14.4 Å². The second kappa shape index (κ2) is 8.00. The van der Waals surface area contributed by atoms with Crippen LogP contribution in [0.2, 0.25) is 0 Å². The molecule has 3 atom stereocenters. The van der Waals surface area contributed by atoms with Crippen molar-refractivity contribution in [3.05, 3.63) is 24.0 Å². The molecule has 28 heavy (non-hydrogen) atoms. The fraction of sp³-hybridized carbons (Fsp3) is 0.650. The SMILES string of the molecule is C=S(C)(=O)N[C@H]1CCN2C(=O)COc3cnccc3C3CCC(CC3)OCC12. The molecule has 1 aliphatic carbocycles. The summed E-state index contributed by atoms with van der Waals surface area (Å²) < 4.78 is 27.5. The molecule has 3 aliphatic heterocycles. The van der Waals surface area contributed by atoms with Crippen molar-refractivity contribution in [2.75, 3.05) is 26.0 Å². The van der Waals surface area contributed by atoms with Gasteiger partial charge in [-0.25, -0.2) is 4.72 Å². The molecule has 0 aromatic carbocycles. The van der Waals surface area contributed by atoms with Gasteiger partial charge in [-0.15, -0.1) is 0 Å². The first-order chi connectivity index (χ1) is 13.4. The van der Waals surface area contributed by atoms with E-state index in [4.69, 9.17) is 9.47 Å². The molecule has 1 saturated carbocycles. The number of fused-ring (bicyclic) bond motifs is 5. The number of carbonyl (C=O) groups excluding carboxylic acids is 1. The lowest BCUT2D eigenvalue weighted by Crippen LogP contribution is -2.50. The smallest absolute Gasteiger partial charge is 0.260 e. The highest BCUT2D eigenvalue weighted by molar-refractivity contribution is 7.97. The van der Waals surface area contributed by atoms with E-state index in [0.717, 1.165) is 37.7 Å². The van der Waals surface area contributed by atoms with Gasteiger partial charge >= 0.3 is 0 Å². The Morgan fingerprint density at radius 1 is 1.29 bits per heavy atom. The van der Waals surface area contributed by atoms with E-state index in [2.05, 4.69) is 15.6 Å². The summed E-state index contributed by atoms with van der Waals surface area (Å²) in [5, 5.41) is 0. The van der Waals surface area contributed by atoms with Crippen molar-refractivity contribution in [1.29, 1.82) is 0 Å². The first kappa shape index (κ1) is 19.7. The fourth-order valence-electron chi connectivity index (χ4n) is 4.67. The summed E-state index contributed by atoms with van der Waals surface area (Å²) in [6, 6.07) is 1.76. The minimum absolute atomic E-state index is 0.0239. The predicted molar refractivity (Wildman–Crippen MR) is 109 cm³/mol. The van der Waals surface area contributed by atoms with Crippen LogP contribution in [0.25, 0.3) is 0 Å². The third kappa shape index (κ3) is 4.34. The summed E-state index contributed by atoms with van der Waals surface area (Å²) in [5.41, 5.74) is 1.14. The summed E-state index contributed by atoms with van der Waals surface area (Å²) in [6.07, 6.45) is 10.1. The monoisotopic (exact) mass is 407 g/mol. The summed E-state index contributed by atoms with van der Waals surface area (Å²) in [5.74, 6) is 4.75. The summed E-state index contributed by atoms with van der Waals surface area (Å²) in [7, 11) is -2.37. The van der Waals surface area contributed by atoms with Gasteiger partial charge in [-0.3, -0.25) is 14.0 Å². The molecule has 2 unspecified atom stereocenters. The number of amides is 1. The third-order valence-corrected chi connectivity index (χ3v) is 6.85. The Hall–Kier alpha value is -1.64. The highest BCUT2D eigenvalue weighted by Crippen LogP contribution is 2.38. The lowest BCUT2D eigenvalue weighted by Gasteiger charge is -2.32. The van der Waals surface area contributed by atoms with Crippen LogP contribution in [-0.4, -0.2) is 70.1 Å². The average Bonchev–Trinajstić information content (AvgIpc) is 3.05. The molecular weight excluding hydrogens is 378 g/mol. The molecule has 2 fully saturated rings. The zero-order valence-corrected chi connectivity index (χ0v) is 17.2. The molecule has 2 bridgehead atoms. The molecule has 1 aromatic rings. The minimum atomic E-state index is -2.37. The van der Waals surface area contributed by atoms with Crippen LogP contribution in [0.4, 0.5) is 0 Å². The maximum Gasteiger partial charge on any atom is 0.260 e. The van der Waals surface area contributed by atoms with E-state index in [-0.39, 0.29) is 30.7 Å². The minimum Gasteiger partial charge on any atom is -0.482 e. The molecule has 7 nitrogen and oxygen atoms in total. The van der Waals surface area contributed by atoms with Crippen LogP contribution in [0, 0.1) is 0 Å². The highest BCUT2D eigenvalue weighted by atomic mass is 32.2. The van der Waals surface area contributed by atoms with Crippen molar-refractivity contribution in [3.8, 4) is 5.75 Å². The van der Waals surface area contributed by atoms with Crippen LogP contribution in [-0.2, 0) is 19.2 Å². The fourth-order valence-corrected chi connectivity index (χ4v) is 5.59. The van der Waals surface area contributed by atoms with Gasteiger partial charge in [0.1, 0.15) is 5.75 Å². The van der Waals surface area contributed by atoms with Gasteiger partial charge in [-0.1, -0.05) is 0 Å². The quantitative estimate of drug-likeness (QED) is 0.749. The molecule has 1 aromatic heterocycles. The summed E-state index contributed by atoms with van der Waals surface area (Å²) >= 11 is 0. The van der Waals surface area contributed by atoms with Crippen LogP contribution in [0.15, 0.2) is 18.5 Å². The Kier molecular flexibility index (Phi) is 5.62. The number of carbonyl (C=O) groups is 1. The number of rotatable bonds is 2. The van der Waals surface area contributed by atoms with Crippen molar-refractivity contribution in [1.82, 2.24) is 14.6 Å². The second-order valence-electron chi connectivity index (χ2n) is 8.18. The zero-order valence-electron chi connectivity index (χ0n) is 16.3. The van der Waals surface area contributed by atoms with Crippen molar-refractivity contribution < 1.29 is 18.5 Å². The summed E-state index contributed by atoms with van der Waals surface area (Å²) in [6.45, 7) is 1.02. The Morgan fingerprint density at radius 2 is 2.07 bits per heavy atom. The van der Waals surface area contributed by atoms with Crippen molar-refractivity contribution in [3.63, 3.8) is 0 Å². The van der Waals surface area contributed by atoms with Crippen molar-refractivity contribution in [2.24, 2.45) is 0 Å². The van der Waals surface area contributed by atoms with Crippen molar-refractivity contribution in [2.45, 2.75) is 56.2 Å². The number of pyridine rings is 1. The Bertz CT molecular complexity index is 820. The summed E-state index contributed by atoms with van der Waals surface area (Å²) in [4.78, 5) is 18.9. The molecule has 1 amide bonds. The van der Waals surface area contributed by atoms with Crippen LogP contribution in [0.5, 0.6) is 5.75 Å². The van der Waals surface area contributed by atoms with Crippen molar-refractivity contribution >= 4 is 21.5 Å². The van der Waals surface area contributed by atoms with E-state index in [0.29, 0.717) is 24.8 Å². The van der Waals surface area contributed by atoms with Gasteiger partial charge in [-0.05, 0) is 50.0 Å². The first-order valence-corrected chi connectivity index (χ1v) is 12.1. The predicted octanol–water partition coefficient (Wildman–Crippen LogP) is 1.34. The number of aromatic nitrogens is 1. The second-order valence-corrected chi connectivity index (χ2v) is 10.4. The van der Waals surface area contributed by atoms with E-state index in [9.17, 15) is 9.00 Å². The van der Waals surface area contributed by atoms with Gasteiger partial charge in [0.05, 0.1) is 24.9 Å². The zero-order chi connectivity index (χ0) is 19.7. The third-order valence-electron chi connectivity index (χ3n) is 6.05. The van der Waals surface area contributed by atoms with Crippen LogP contribution in [0.1, 0.15) is 43.6 Å². The lowest BCUT2D eigenvalue weighted by atomic mass is 9.82. The molecule has 0 radical (unpaired) electrons. The maximum absolute atomic E-state index is 12.9. The van der Waals surface area contributed by atoms with E-state index >= 15 is 0 Å². The van der Waals surface area contributed by atoms with E-state index < -0.39 is 9.71 Å². The lowest BCUT2D eigenvalue weighted by molar-refractivity contribution is -0.136. The Morgan fingerprint density at radius 3 is 2.82 bits per heavy atom. The van der Waals surface area contributed by atoms with Gasteiger partial charge in [-0.2, -0.15) is 0 Å². The topological polar surface area (TPSA) is 80.8 Å². The van der Waals surface area contributed by atoms with Gasteiger partial charge in [0.25, 0.3) is 5.91 Å². The van der Waals surface area contributed by atoms with Gasteiger partial charge in [0, 0.05) is 40.3 Å². The highest BCUT2D eigenvalue weighted by Gasteiger charge is 2.39. The molecule has 5 rings (SSSR count). The Labute approximate surface area is 166 Å². The van der Waals surface area contributed by atoms with Gasteiger partial charge in [0.15, 0.2) is 6.61 Å². The van der Waals surface area contributed by atoms with E-state index in [1.165, 1.54) is 0 Å². The normalized spacial score (nSPS) is 32.9. The van der Waals surface area contributed by atoms with Crippen LogP contribution < -0.4 is 9.46 Å². The molecule has 1 N–H and O–H groups in total. The van der Waals surface area contributed by atoms with Crippen LogP contribution in [0.3, 0.4) is 0 Å². The average molecular weight is 408 g/mol. The first-order valence-electron chi connectivity index (χ1n) is 9.98. The van der Waals surface area contributed by atoms with E-state index in [1.807, 2.05) is 11.0 Å². The molecule has 4 heterocycles. The van der Waals surface area contributed by atoms with Crippen LogP contribution >= 0.6 is 0 Å². The number of hydrogen-bond donors (Lipinski definition) is 1. The molecule has 4 aliphatic rings. The molecular formula is C20H29N3O4S. The molecule has 154 valence electrons. The van der Waals surface area contributed by atoms with Gasteiger partial charge in [0.2, 0.25) is 0 Å². The maximum atomic E-state index is 12.9. The largest absolute Gasteiger partial charge is 0.482 e. The molecule has 1 saturated heterocycles. The van der Waals surface area contributed by atoms with E-state index in [1.54, 1.807) is 18.6 Å². The standard InChI is InChI=1S/C20H29N3O4S/c1-28(2,25)22-17-8-10-23-18(17)12-26-15-5-3-14(4-6-15)16-7-9-21-11-19(16)27-13-20(23)24/h7,9,11,14-15,17-18H,1,3-6,8,10,12-13H2,2H3,(H,22,25)/t14?,15?,17-,18?,28?/m0/s1.